The molecule has 21 heavy (non-hydrogen) atoms. The van der Waals surface area contributed by atoms with Crippen LogP contribution in [0.2, 0.25) is 0 Å². The van der Waals surface area contributed by atoms with E-state index in [4.69, 9.17) is 10.5 Å². The SMILES string of the molecule is COC(=O)c1cccc(NCC2Cc3ccccc32)c1N. The lowest BCUT2D eigenvalue weighted by atomic mass is 9.77. The van der Waals surface area contributed by atoms with E-state index in [0.29, 0.717) is 17.2 Å². The lowest BCUT2D eigenvalue weighted by Gasteiger charge is -2.30. The maximum absolute atomic E-state index is 11.6. The molecule has 2 aromatic rings. The standard InChI is InChI=1S/C17H18N2O2/c1-21-17(20)14-7-4-8-15(16(14)18)19-10-12-9-11-5-2-3-6-13(11)12/h2-8,12,19H,9-10,18H2,1H3. The molecule has 3 N–H and O–H groups in total. The molecule has 0 spiro atoms. The highest BCUT2D eigenvalue weighted by molar-refractivity contribution is 5.98. The zero-order chi connectivity index (χ0) is 14.8. The monoisotopic (exact) mass is 282 g/mol. The number of ether oxygens (including phenoxy) is 1. The lowest BCUT2D eigenvalue weighted by molar-refractivity contribution is 0.0602. The minimum Gasteiger partial charge on any atom is -0.465 e. The number of nitrogen functional groups attached to an aromatic ring is 1. The number of carbonyl (C=O) groups is 1. The summed E-state index contributed by atoms with van der Waals surface area (Å²) in [6.45, 7) is 0.811. The third-order valence-corrected chi connectivity index (χ3v) is 4.01. The van der Waals surface area contributed by atoms with Gasteiger partial charge >= 0.3 is 5.97 Å². The van der Waals surface area contributed by atoms with E-state index in [2.05, 4.69) is 29.6 Å². The van der Waals surface area contributed by atoms with Crippen molar-refractivity contribution in [3.8, 4) is 0 Å². The Kier molecular flexibility index (Phi) is 3.52. The summed E-state index contributed by atoms with van der Waals surface area (Å²) < 4.78 is 4.73. The van der Waals surface area contributed by atoms with Crippen LogP contribution in [0.25, 0.3) is 0 Å². The van der Waals surface area contributed by atoms with Gasteiger partial charge in [-0.1, -0.05) is 30.3 Å². The molecule has 1 unspecified atom stereocenters. The number of methoxy groups -OCH3 is 1. The number of rotatable bonds is 4. The van der Waals surface area contributed by atoms with Crippen molar-refractivity contribution in [1.29, 1.82) is 0 Å². The molecular weight excluding hydrogens is 264 g/mol. The number of esters is 1. The predicted octanol–water partition coefficient (Wildman–Crippen LogP) is 2.81. The molecule has 0 aliphatic heterocycles. The summed E-state index contributed by atoms with van der Waals surface area (Å²) in [6, 6.07) is 13.8. The van der Waals surface area contributed by atoms with Crippen LogP contribution in [0.15, 0.2) is 42.5 Å². The van der Waals surface area contributed by atoms with Gasteiger partial charge in [0.05, 0.1) is 24.0 Å². The maximum Gasteiger partial charge on any atom is 0.340 e. The molecule has 4 nitrogen and oxygen atoms in total. The Morgan fingerprint density at radius 1 is 1.29 bits per heavy atom. The minimum absolute atomic E-state index is 0.400. The number of para-hydroxylation sites is 1. The van der Waals surface area contributed by atoms with Crippen molar-refractivity contribution < 1.29 is 9.53 Å². The number of benzene rings is 2. The van der Waals surface area contributed by atoms with E-state index in [1.807, 2.05) is 6.07 Å². The summed E-state index contributed by atoms with van der Waals surface area (Å²) in [5, 5.41) is 3.34. The van der Waals surface area contributed by atoms with Gasteiger partial charge in [0.25, 0.3) is 0 Å². The largest absolute Gasteiger partial charge is 0.465 e. The molecule has 2 aromatic carbocycles. The quantitative estimate of drug-likeness (QED) is 0.668. The molecule has 0 amide bonds. The molecule has 0 bridgehead atoms. The molecule has 0 heterocycles. The van der Waals surface area contributed by atoms with Crippen LogP contribution in [0.3, 0.4) is 0 Å². The van der Waals surface area contributed by atoms with Crippen LogP contribution in [0.5, 0.6) is 0 Å². The van der Waals surface area contributed by atoms with Crippen molar-refractivity contribution in [3.63, 3.8) is 0 Å². The van der Waals surface area contributed by atoms with Crippen molar-refractivity contribution >= 4 is 17.3 Å². The van der Waals surface area contributed by atoms with Gasteiger partial charge in [0.15, 0.2) is 0 Å². The Hall–Kier alpha value is -2.49. The van der Waals surface area contributed by atoms with Gasteiger partial charge in [0.2, 0.25) is 0 Å². The summed E-state index contributed by atoms with van der Waals surface area (Å²) in [4.78, 5) is 11.6. The first-order valence-corrected chi connectivity index (χ1v) is 6.99. The fourth-order valence-electron chi connectivity index (χ4n) is 2.79. The Morgan fingerprint density at radius 2 is 2.10 bits per heavy atom. The van der Waals surface area contributed by atoms with Crippen LogP contribution in [-0.4, -0.2) is 19.6 Å². The highest BCUT2D eigenvalue weighted by Crippen LogP contribution is 2.35. The van der Waals surface area contributed by atoms with Gasteiger partial charge in [-0.25, -0.2) is 4.79 Å². The van der Waals surface area contributed by atoms with Crippen molar-refractivity contribution in [2.75, 3.05) is 24.7 Å². The first-order chi connectivity index (χ1) is 10.2. The number of hydrogen-bond donors (Lipinski definition) is 2. The third-order valence-electron chi connectivity index (χ3n) is 4.01. The van der Waals surface area contributed by atoms with Gasteiger partial charge in [-0.05, 0) is 29.7 Å². The van der Waals surface area contributed by atoms with E-state index < -0.39 is 5.97 Å². The summed E-state index contributed by atoms with van der Waals surface area (Å²) in [5.74, 6) is 0.0903. The van der Waals surface area contributed by atoms with E-state index in [9.17, 15) is 4.79 Å². The molecule has 0 saturated heterocycles. The molecule has 3 rings (SSSR count). The van der Waals surface area contributed by atoms with Gasteiger partial charge < -0.3 is 15.8 Å². The molecule has 108 valence electrons. The number of anilines is 2. The second-order valence-electron chi connectivity index (χ2n) is 5.24. The van der Waals surface area contributed by atoms with Crippen LogP contribution in [0.4, 0.5) is 11.4 Å². The van der Waals surface area contributed by atoms with Gasteiger partial charge in [-0.15, -0.1) is 0 Å². The fraction of sp³-hybridized carbons (Fsp3) is 0.235. The van der Waals surface area contributed by atoms with E-state index in [1.165, 1.54) is 18.2 Å². The molecular formula is C17H18N2O2. The molecule has 4 heteroatoms. The van der Waals surface area contributed by atoms with E-state index in [-0.39, 0.29) is 0 Å². The van der Waals surface area contributed by atoms with Crippen molar-refractivity contribution in [1.82, 2.24) is 0 Å². The highest BCUT2D eigenvalue weighted by atomic mass is 16.5. The number of nitrogens with two attached hydrogens (primary N) is 1. The molecule has 1 aliphatic carbocycles. The van der Waals surface area contributed by atoms with Crippen molar-refractivity contribution in [2.24, 2.45) is 0 Å². The van der Waals surface area contributed by atoms with Crippen LogP contribution in [-0.2, 0) is 11.2 Å². The topological polar surface area (TPSA) is 64.3 Å². The summed E-state index contributed by atoms with van der Waals surface area (Å²) in [6.07, 6.45) is 1.08. The first-order valence-electron chi connectivity index (χ1n) is 6.99. The smallest absolute Gasteiger partial charge is 0.340 e. The summed E-state index contributed by atoms with van der Waals surface area (Å²) in [5.41, 5.74) is 10.5. The Morgan fingerprint density at radius 3 is 2.86 bits per heavy atom. The highest BCUT2D eigenvalue weighted by Gasteiger charge is 2.25. The Labute approximate surface area is 123 Å². The second-order valence-corrected chi connectivity index (χ2v) is 5.24. The predicted molar refractivity (Wildman–Crippen MR) is 83.6 cm³/mol. The zero-order valence-corrected chi connectivity index (χ0v) is 11.9. The first kappa shape index (κ1) is 13.5. The number of fused-ring (bicyclic) bond motifs is 1. The molecule has 0 radical (unpaired) electrons. The van der Waals surface area contributed by atoms with Crippen LogP contribution >= 0.6 is 0 Å². The molecule has 1 atom stereocenters. The normalized spacial score (nSPS) is 15.8. The maximum atomic E-state index is 11.6. The zero-order valence-electron chi connectivity index (χ0n) is 11.9. The second kappa shape index (κ2) is 5.48. The third kappa shape index (κ3) is 2.44. The summed E-state index contributed by atoms with van der Waals surface area (Å²) >= 11 is 0. The summed E-state index contributed by atoms with van der Waals surface area (Å²) in [7, 11) is 1.35. The van der Waals surface area contributed by atoms with Gasteiger partial charge in [-0.3, -0.25) is 0 Å². The van der Waals surface area contributed by atoms with Crippen LogP contribution in [0, 0.1) is 0 Å². The molecule has 1 aliphatic rings. The van der Waals surface area contributed by atoms with Crippen molar-refractivity contribution in [3.05, 3.63) is 59.2 Å². The van der Waals surface area contributed by atoms with Gasteiger partial charge in [0.1, 0.15) is 0 Å². The van der Waals surface area contributed by atoms with E-state index in [0.717, 1.165) is 18.7 Å². The molecule has 0 fully saturated rings. The Bertz CT molecular complexity index is 682. The van der Waals surface area contributed by atoms with Gasteiger partial charge in [0, 0.05) is 12.5 Å². The average molecular weight is 282 g/mol. The molecule has 0 saturated carbocycles. The van der Waals surface area contributed by atoms with E-state index in [1.54, 1.807) is 12.1 Å². The average Bonchev–Trinajstić information content (AvgIpc) is 2.49. The van der Waals surface area contributed by atoms with Gasteiger partial charge in [-0.2, -0.15) is 0 Å². The minimum atomic E-state index is -0.412. The fourth-order valence-corrected chi connectivity index (χ4v) is 2.79. The van der Waals surface area contributed by atoms with E-state index >= 15 is 0 Å². The number of hydrogen-bond acceptors (Lipinski definition) is 4. The van der Waals surface area contributed by atoms with Crippen LogP contribution in [0.1, 0.15) is 27.4 Å². The Balaban J connectivity index is 1.71. The lowest BCUT2D eigenvalue weighted by Crippen LogP contribution is -2.24. The van der Waals surface area contributed by atoms with Crippen LogP contribution < -0.4 is 11.1 Å². The number of nitrogens with one attached hydrogen (secondary N) is 1. The van der Waals surface area contributed by atoms with Crippen molar-refractivity contribution in [2.45, 2.75) is 12.3 Å². The molecule has 0 aromatic heterocycles. The number of carbonyl (C=O) groups excluding carboxylic acids is 1.